The molecule has 100 valence electrons. The second kappa shape index (κ2) is 6.37. The predicted molar refractivity (Wildman–Crippen MR) is 78.4 cm³/mol. The molecule has 0 spiro atoms. The molecule has 19 heavy (non-hydrogen) atoms. The fourth-order valence-corrected chi connectivity index (χ4v) is 2.02. The molecule has 0 bridgehead atoms. The summed E-state index contributed by atoms with van der Waals surface area (Å²) in [5.41, 5.74) is 1.58. The molecule has 0 radical (unpaired) electrons. The molecular weight excluding hydrogens is 330 g/mol. The van der Waals surface area contributed by atoms with Gasteiger partial charge in [0.2, 0.25) is 0 Å². The van der Waals surface area contributed by atoms with E-state index in [1.807, 2.05) is 12.1 Å². The summed E-state index contributed by atoms with van der Waals surface area (Å²) in [5.74, 6) is 0.579. The fourth-order valence-electron chi connectivity index (χ4n) is 1.54. The zero-order chi connectivity index (χ0) is 13.8. The van der Waals surface area contributed by atoms with Gasteiger partial charge in [0, 0.05) is 10.7 Å². The minimum Gasteiger partial charge on any atom is -0.486 e. The Balaban J connectivity index is 2.05. The second-order valence-electron chi connectivity index (χ2n) is 4.12. The lowest BCUT2D eigenvalue weighted by atomic mass is 10.1. The van der Waals surface area contributed by atoms with Crippen molar-refractivity contribution in [2.45, 2.75) is 19.6 Å². The number of ether oxygens (including phenoxy) is 1. The van der Waals surface area contributed by atoms with E-state index in [9.17, 15) is 5.11 Å². The zero-order valence-electron chi connectivity index (χ0n) is 10.3. The van der Waals surface area contributed by atoms with Gasteiger partial charge in [-0.2, -0.15) is 0 Å². The highest BCUT2D eigenvalue weighted by Gasteiger charge is 2.07. The van der Waals surface area contributed by atoms with E-state index in [1.165, 1.54) is 0 Å². The number of pyridine rings is 1. The van der Waals surface area contributed by atoms with Crippen LogP contribution >= 0.6 is 27.5 Å². The largest absolute Gasteiger partial charge is 0.486 e. The molecule has 1 atom stereocenters. The van der Waals surface area contributed by atoms with E-state index in [2.05, 4.69) is 20.9 Å². The first-order valence-corrected chi connectivity index (χ1v) is 6.94. The zero-order valence-corrected chi connectivity index (χ0v) is 12.6. The number of hydrogen-bond donors (Lipinski definition) is 1. The molecule has 0 saturated carbocycles. The van der Waals surface area contributed by atoms with Crippen LogP contribution in [0.25, 0.3) is 0 Å². The van der Waals surface area contributed by atoms with Crippen molar-refractivity contribution in [2.75, 3.05) is 0 Å². The van der Waals surface area contributed by atoms with Crippen LogP contribution in [0.2, 0.25) is 5.02 Å². The van der Waals surface area contributed by atoms with Crippen molar-refractivity contribution >= 4 is 27.5 Å². The van der Waals surface area contributed by atoms with E-state index in [-0.39, 0.29) is 0 Å². The predicted octanol–water partition coefficient (Wildman–Crippen LogP) is 4.13. The van der Waals surface area contributed by atoms with Gasteiger partial charge in [-0.15, -0.1) is 0 Å². The maximum atomic E-state index is 9.46. The minimum atomic E-state index is -0.542. The average Bonchev–Trinajstić information content (AvgIpc) is 2.39. The van der Waals surface area contributed by atoms with E-state index >= 15 is 0 Å². The second-order valence-corrected chi connectivity index (χ2v) is 5.45. The molecule has 1 N–H and O–H groups in total. The summed E-state index contributed by atoms with van der Waals surface area (Å²) in [6.45, 7) is 2.04. The molecule has 0 unspecified atom stereocenters. The molecule has 5 heteroatoms. The summed E-state index contributed by atoms with van der Waals surface area (Å²) in [5, 5.41) is 9.94. The Labute approximate surface area is 125 Å². The smallest absolute Gasteiger partial charge is 0.138 e. The SMILES string of the molecule is C[C@H](O)c1ccc(OCc2ccc(Br)cn2)c(Cl)c1. The molecule has 0 saturated heterocycles. The Hall–Kier alpha value is -1.10. The number of hydrogen-bond acceptors (Lipinski definition) is 3. The quantitative estimate of drug-likeness (QED) is 0.908. The molecule has 0 aliphatic rings. The molecular formula is C14H13BrClNO2. The van der Waals surface area contributed by atoms with Gasteiger partial charge in [0.25, 0.3) is 0 Å². The van der Waals surface area contributed by atoms with Gasteiger partial charge in [-0.05, 0) is 52.7 Å². The lowest BCUT2D eigenvalue weighted by molar-refractivity contribution is 0.199. The molecule has 2 aromatic rings. The molecule has 0 fully saturated rings. The molecule has 0 aliphatic heterocycles. The number of aromatic nitrogens is 1. The van der Waals surface area contributed by atoms with Crippen LogP contribution in [0, 0.1) is 0 Å². The van der Waals surface area contributed by atoms with Crippen LogP contribution in [0.3, 0.4) is 0 Å². The van der Waals surface area contributed by atoms with Crippen molar-refractivity contribution in [3.63, 3.8) is 0 Å². The van der Waals surface area contributed by atoms with Crippen LogP contribution in [0.4, 0.5) is 0 Å². The highest BCUT2D eigenvalue weighted by Crippen LogP contribution is 2.28. The van der Waals surface area contributed by atoms with Crippen molar-refractivity contribution in [3.05, 3.63) is 57.3 Å². The van der Waals surface area contributed by atoms with Crippen molar-refractivity contribution in [3.8, 4) is 5.75 Å². The third kappa shape index (κ3) is 3.93. The van der Waals surface area contributed by atoms with Crippen LogP contribution in [-0.2, 0) is 6.61 Å². The Morgan fingerprint density at radius 1 is 1.37 bits per heavy atom. The monoisotopic (exact) mass is 341 g/mol. The topological polar surface area (TPSA) is 42.4 Å². The fraction of sp³-hybridized carbons (Fsp3) is 0.214. The van der Waals surface area contributed by atoms with Crippen molar-refractivity contribution in [1.82, 2.24) is 4.98 Å². The minimum absolute atomic E-state index is 0.348. The van der Waals surface area contributed by atoms with Gasteiger partial charge >= 0.3 is 0 Å². The summed E-state index contributed by atoms with van der Waals surface area (Å²) >= 11 is 9.43. The molecule has 1 aromatic carbocycles. The Morgan fingerprint density at radius 2 is 2.16 bits per heavy atom. The first-order chi connectivity index (χ1) is 9.06. The molecule has 0 aliphatic carbocycles. The van der Waals surface area contributed by atoms with E-state index in [4.69, 9.17) is 16.3 Å². The van der Waals surface area contributed by atoms with Crippen LogP contribution in [0.15, 0.2) is 41.0 Å². The highest BCUT2D eigenvalue weighted by molar-refractivity contribution is 9.10. The summed E-state index contributed by atoms with van der Waals surface area (Å²) in [6.07, 6.45) is 1.18. The number of aliphatic hydroxyl groups is 1. The molecule has 1 aromatic heterocycles. The molecule has 3 nitrogen and oxygen atoms in total. The van der Waals surface area contributed by atoms with E-state index in [0.717, 1.165) is 15.7 Å². The standard InChI is InChI=1S/C14H13BrClNO2/c1-9(18)10-2-5-14(13(16)6-10)19-8-12-4-3-11(15)7-17-12/h2-7,9,18H,8H2,1H3/t9-/m0/s1. The normalized spacial score (nSPS) is 12.2. The highest BCUT2D eigenvalue weighted by atomic mass is 79.9. The third-order valence-corrected chi connectivity index (χ3v) is 3.37. The van der Waals surface area contributed by atoms with Gasteiger partial charge in [-0.3, -0.25) is 4.98 Å². The summed E-state index contributed by atoms with van der Waals surface area (Å²) in [6, 6.07) is 9.03. The summed E-state index contributed by atoms with van der Waals surface area (Å²) < 4.78 is 6.53. The number of benzene rings is 1. The van der Waals surface area contributed by atoms with Gasteiger partial charge in [0.1, 0.15) is 12.4 Å². The Morgan fingerprint density at radius 3 is 2.74 bits per heavy atom. The Bertz CT molecular complexity index is 558. The van der Waals surface area contributed by atoms with Crippen molar-refractivity contribution in [1.29, 1.82) is 0 Å². The Kier molecular flexibility index (Phi) is 4.80. The van der Waals surface area contributed by atoms with Crippen LogP contribution in [0.1, 0.15) is 24.3 Å². The van der Waals surface area contributed by atoms with E-state index in [1.54, 1.807) is 31.3 Å². The van der Waals surface area contributed by atoms with Crippen molar-refractivity contribution in [2.24, 2.45) is 0 Å². The number of halogens is 2. The number of aliphatic hydroxyl groups excluding tert-OH is 1. The molecule has 1 heterocycles. The summed E-state index contributed by atoms with van der Waals surface area (Å²) in [7, 11) is 0. The van der Waals surface area contributed by atoms with E-state index in [0.29, 0.717) is 17.4 Å². The van der Waals surface area contributed by atoms with Crippen molar-refractivity contribution < 1.29 is 9.84 Å². The lowest BCUT2D eigenvalue weighted by Gasteiger charge is -2.10. The maximum Gasteiger partial charge on any atom is 0.138 e. The average molecular weight is 343 g/mol. The van der Waals surface area contributed by atoms with Crippen LogP contribution in [-0.4, -0.2) is 10.1 Å². The van der Waals surface area contributed by atoms with Gasteiger partial charge in [-0.25, -0.2) is 0 Å². The lowest BCUT2D eigenvalue weighted by Crippen LogP contribution is -1.99. The third-order valence-electron chi connectivity index (χ3n) is 2.60. The molecule has 2 rings (SSSR count). The maximum absolute atomic E-state index is 9.46. The van der Waals surface area contributed by atoms with Gasteiger partial charge in [0.05, 0.1) is 16.8 Å². The van der Waals surface area contributed by atoms with Gasteiger partial charge in [0.15, 0.2) is 0 Å². The number of rotatable bonds is 4. The van der Waals surface area contributed by atoms with E-state index < -0.39 is 6.10 Å². The van der Waals surface area contributed by atoms with Crippen LogP contribution < -0.4 is 4.74 Å². The number of nitrogens with zero attached hydrogens (tertiary/aromatic N) is 1. The first-order valence-electron chi connectivity index (χ1n) is 5.77. The summed E-state index contributed by atoms with van der Waals surface area (Å²) in [4.78, 5) is 4.21. The van der Waals surface area contributed by atoms with Gasteiger partial charge in [-0.1, -0.05) is 17.7 Å². The van der Waals surface area contributed by atoms with Crippen LogP contribution in [0.5, 0.6) is 5.75 Å². The molecule has 0 amide bonds. The van der Waals surface area contributed by atoms with Gasteiger partial charge < -0.3 is 9.84 Å². The first kappa shape index (κ1) is 14.3.